The van der Waals surface area contributed by atoms with Gasteiger partial charge >= 0.3 is 0 Å². The fourth-order valence-electron chi connectivity index (χ4n) is 2.52. The molecule has 0 bridgehead atoms. The van der Waals surface area contributed by atoms with Crippen molar-refractivity contribution >= 4 is 17.4 Å². The lowest BCUT2D eigenvalue weighted by Gasteiger charge is -2.37. The van der Waals surface area contributed by atoms with E-state index in [2.05, 4.69) is 0 Å². The van der Waals surface area contributed by atoms with Crippen molar-refractivity contribution in [2.45, 2.75) is 20.8 Å². The Morgan fingerprint density at radius 2 is 1.76 bits per heavy atom. The molecule has 1 aliphatic heterocycles. The summed E-state index contributed by atoms with van der Waals surface area (Å²) in [5.74, 6) is -0.399. The van der Waals surface area contributed by atoms with Gasteiger partial charge in [-0.25, -0.2) is 4.39 Å². The number of amides is 1. The van der Waals surface area contributed by atoms with Crippen LogP contribution >= 0.6 is 0 Å². The van der Waals surface area contributed by atoms with Crippen molar-refractivity contribution < 1.29 is 14.0 Å². The molecule has 21 heavy (non-hydrogen) atoms. The number of carbonyl (C=O) groups is 2. The maximum Gasteiger partial charge on any atom is 0.225 e. The highest BCUT2D eigenvalue weighted by Gasteiger charge is 2.24. The van der Waals surface area contributed by atoms with E-state index < -0.39 is 0 Å². The van der Waals surface area contributed by atoms with Crippen LogP contribution in [0.2, 0.25) is 0 Å². The number of nitrogens with zero attached hydrogens (tertiary/aromatic N) is 2. The highest BCUT2D eigenvalue weighted by Crippen LogP contribution is 2.22. The number of benzene rings is 1. The van der Waals surface area contributed by atoms with E-state index in [9.17, 15) is 14.0 Å². The summed E-state index contributed by atoms with van der Waals surface area (Å²) in [4.78, 5) is 26.9. The van der Waals surface area contributed by atoms with E-state index in [1.807, 2.05) is 23.6 Å². The highest BCUT2D eigenvalue weighted by molar-refractivity contribution is 5.94. The second-order valence-corrected chi connectivity index (χ2v) is 5.69. The molecule has 0 unspecified atom stereocenters. The van der Waals surface area contributed by atoms with Crippen LogP contribution in [0.15, 0.2) is 18.2 Å². The SMILES string of the molecule is CC(=O)c1ccc(N2CCN(C(=O)C(C)C)CC2)c(F)c1. The molecule has 0 N–H and O–H groups in total. The molecule has 0 atom stereocenters. The minimum absolute atomic E-state index is 0.0110. The van der Waals surface area contributed by atoms with E-state index in [0.29, 0.717) is 37.4 Å². The van der Waals surface area contributed by atoms with Crippen LogP contribution in [0.3, 0.4) is 0 Å². The topological polar surface area (TPSA) is 40.6 Å². The first-order valence-electron chi connectivity index (χ1n) is 7.24. The van der Waals surface area contributed by atoms with Gasteiger partial charge in [-0.3, -0.25) is 9.59 Å². The van der Waals surface area contributed by atoms with Crippen LogP contribution in [0, 0.1) is 11.7 Å². The Balaban J connectivity index is 2.06. The van der Waals surface area contributed by atoms with Crippen molar-refractivity contribution in [3.63, 3.8) is 0 Å². The number of ketones is 1. The first-order valence-corrected chi connectivity index (χ1v) is 7.24. The smallest absolute Gasteiger partial charge is 0.225 e. The number of hydrogen-bond donors (Lipinski definition) is 0. The molecule has 0 spiro atoms. The van der Waals surface area contributed by atoms with Crippen molar-refractivity contribution in [3.05, 3.63) is 29.6 Å². The van der Waals surface area contributed by atoms with Gasteiger partial charge in [-0.15, -0.1) is 0 Å². The van der Waals surface area contributed by atoms with Crippen LogP contribution in [0.4, 0.5) is 10.1 Å². The number of halogens is 1. The van der Waals surface area contributed by atoms with Gasteiger partial charge in [0, 0.05) is 37.7 Å². The first-order chi connectivity index (χ1) is 9.90. The molecule has 1 heterocycles. The zero-order valence-corrected chi connectivity index (χ0v) is 12.7. The lowest BCUT2D eigenvalue weighted by Crippen LogP contribution is -2.50. The van der Waals surface area contributed by atoms with Gasteiger partial charge in [-0.2, -0.15) is 0 Å². The Labute approximate surface area is 124 Å². The zero-order valence-electron chi connectivity index (χ0n) is 12.7. The van der Waals surface area contributed by atoms with E-state index >= 15 is 0 Å². The Hall–Kier alpha value is -1.91. The van der Waals surface area contributed by atoms with E-state index in [4.69, 9.17) is 0 Å². The van der Waals surface area contributed by atoms with Gasteiger partial charge in [0.2, 0.25) is 5.91 Å². The van der Waals surface area contributed by atoms with Crippen molar-refractivity contribution in [2.24, 2.45) is 5.92 Å². The third-order valence-electron chi connectivity index (χ3n) is 3.78. The maximum absolute atomic E-state index is 14.1. The minimum Gasteiger partial charge on any atom is -0.366 e. The molecule has 114 valence electrons. The van der Waals surface area contributed by atoms with Crippen LogP contribution in [0.1, 0.15) is 31.1 Å². The van der Waals surface area contributed by atoms with Gasteiger partial charge in [0.25, 0.3) is 0 Å². The summed E-state index contributed by atoms with van der Waals surface area (Å²) >= 11 is 0. The number of hydrogen-bond acceptors (Lipinski definition) is 3. The third kappa shape index (κ3) is 3.40. The fourth-order valence-corrected chi connectivity index (χ4v) is 2.52. The summed E-state index contributed by atoms with van der Waals surface area (Å²) in [5, 5.41) is 0. The van der Waals surface area contributed by atoms with Crippen molar-refractivity contribution in [1.82, 2.24) is 4.90 Å². The van der Waals surface area contributed by atoms with Crippen LogP contribution in [-0.2, 0) is 4.79 Å². The van der Waals surface area contributed by atoms with Crippen molar-refractivity contribution in [2.75, 3.05) is 31.1 Å². The molecule has 1 fully saturated rings. The van der Waals surface area contributed by atoms with E-state index in [1.54, 1.807) is 12.1 Å². The summed E-state index contributed by atoms with van der Waals surface area (Å²) in [7, 11) is 0. The van der Waals surface area contributed by atoms with Crippen LogP contribution in [0.5, 0.6) is 0 Å². The standard InChI is InChI=1S/C16H21FN2O2/c1-11(2)16(21)19-8-6-18(7-9-19)15-5-4-13(12(3)20)10-14(15)17/h4-5,10-11H,6-9H2,1-3H3. The Bertz CT molecular complexity index is 549. The van der Waals surface area contributed by atoms with Crippen molar-refractivity contribution in [3.8, 4) is 0 Å². The second kappa shape index (κ2) is 6.24. The summed E-state index contributed by atoms with van der Waals surface area (Å²) in [6.07, 6.45) is 0. The molecule has 1 aliphatic rings. The molecule has 0 aliphatic carbocycles. The van der Waals surface area contributed by atoms with Crippen LogP contribution in [-0.4, -0.2) is 42.8 Å². The van der Waals surface area contributed by atoms with E-state index in [0.717, 1.165) is 0 Å². The Morgan fingerprint density at radius 3 is 2.24 bits per heavy atom. The number of rotatable bonds is 3. The third-order valence-corrected chi connectivity index (χ3v) is 3.78. The zero-order chi connectivity index (χ0) is 15.6. The Kier molecular flexibility index (Phi) is 4.60. The molecule has 1 amide bonds. The van der Waals surface area contributed by atoms with Crippen LogP contribution in [0.25, 0.3) is 0 Å². The van der Waals surface area contributed by atoms with Gasteiger partial charge < -0.3 is 9.80 Å². The minimum atomic E-state index is -0.383. The molecule has 0 saturated carbocycles. The predicted molar refractivity (Wildman–Crippen MR) is 80.0 cm³/mol. The quantitative estimate of drug-likeness (QED) is 0.803. The predicted octanol–water partition coefficient (Wildman–Crippen LogP) is 2.33. The Morgan fingerprint density at radius 1 is 1.14 bits per heavy atom. The first kappa shape index (κ1) is 15.5. The lowest BCUT2D eigenvalue weighted by molar-refractivity contribution is -0.134. The molecule has 0 radical (unpaired) electrons. The summed E-state index contributed by atoms with van der Waals surface area (Å²) in [6.45, 7) is 7.61. The summed E-state index contributed by atoms with van der Waals surface area (Å²) in [5.41, 5.74) is 0.876. The molecule has 1 saturated heterocycles. The van der Waals surface area contributed by atoms with Gasteiger partial charge in [-0.05, 0) is 25.1 Å². The summed E-state index contributed by atoms with van der Waals surface area (Å²) in [6, 6.07) is 4.57. The molecule has 1 aromatic rings. The van der Waals surface area contributed by atoms with E-state index in [1.165, 1.54) is 13.0 Å². The van der Waals surface area contributed by atoms with Gasteiger partial charge in [0.1, 0.15) is 5.82 Å². The molecule has 2 rings (SSSR count). The molecular formula is C16H21FN2O2. The normalized spacial score (nSPS) is 15.5. The molecule has 4 nitrogen and oxygen atoms in total. The number of Topliss-reactive ketones (excluding diaryl/α,β-unsaturated/α-hetero) is 1. The molecule has 5 heteroatoms. The maximum atomic E-state index is 14.1. The highest BCUT2D eigenvalue weighted by atomic mass is 19.1. The summed E-state index contributed by atoms with van der Waals surface area (Å²) < 4.78 is 14.1. The van der Waals surface area contributed by atoms with Gasteiger partial charge in [-0.1, -0.05) is 13.8 Å². The lowest BCUT2D eigenvalue weighted by atomic mass is 10.1. The second-order valence-electron chi connectivity index (χ2n) is 5.69. The monoisotopic (exact) mass is 292 g/mol. The van der Waals surface area contributed by atoms with Crippen LogP contribution < -0.4 is 4.90 Å². The molecular weight excluding hydrogens is 271 g/mol. The van der Waals surface area contributed by atoms with E-state index in [-0.39, 0.29) is 23.4 Å². The van der Waals surface area contributed by atoms with Crippen molar-refractivity contribution in [1.29, 1.82) is 0 Å². The van der Waals surface area contributed by atoms with Gasteiger partial charge in [0.15, 0.2) is 5.78 Å². The molecule has 0 aromatic heterocycles. The largest absolute Gasteiger partial charge is 0.366 e. The number of piperazine rings is 1. The molecule has 1 aromatic carbocycles. The van der Waals surface area contributed by atoms with Gasteiger partial charge in [0.05, 0.1) is 5.69 Å². The fraction of sp³-hybridized carbons (Fsp3) is 0.500. The number of anilines is 1. The average Bonchev–Trinajstić information content (AvgIpc) is 2.46. The average molecular weight is 292 g/mol. The number of carbonyl (C=O) groups excluding carboxylic acids is 2.